The maximum atomic E-state index is 13.3. The number of aromatic nitrogens is 4. The third-order valence-electron chi connectivity index (χ3n) is 6.28. The topological polar surface area (TPSA) is 72.3 Å². The molecule has 0 saturated carbocycles. The number of hydrogen-bond acceptors (Lipinski definition) is 6. The first-order valence-corrected chi connectivity index (χ1v) is 10.5. The van der Waals surface area contributed by atoms with Crippen LogP contribution in [0.3, 0.4) is 0 Å². The molecule has 0 unspecified atom stereocenters. The zero-order valence-electron chi connectivity index (χ0n) is 17.8. The van der Waals surface area contributed by atoms with Crippen LogP contribution >= 0.6 is 0 Å². The van der Waals surface area contributed by atoms with E-state index in [0.717, 1.165) is 61.2 Å². The van der Waals surface area contributed by atoms with Crippen molar-refractivity contribution in [1.82, 2.24) is 24.2 Å². The Hall–Kier alpha value is -2.87. The number of aryl methyl sites for hydroxylation is 2. The second-order valence-electron chi connectivity index (χ2n) is 8.79. The molecule has 30 heavy (non-hydrogen) atoms. The van der Waals surface area contributed by atoms with E-state index in [-0.39, 0.29) is 5.56 Å². The van der Waals surface area contributed by atoms with Gasteiger partial charge in [0.25, 0.3) is 5.56 Å². The SMILES string of the molecule is Cc1nc(N2C[C@@H]3C[C@H](C2)c2ccc(CN(C)Cc4ccoc4)c(=O)n2C3)n(C)n1. The van der Waals surface area contributed by atoms with Crippen molar-refractivity contribution in [1.29, 1.82) is 0 Å². The summed E-state index contributed by atoms with van der Waals surface area (Å²) < 4.78 is 9.04. The lowest BCUT2D eigenvalue weighted by Crippen LogP contribution is -2.48. The summed E-state index contributed by atoms with van der Waals surface area (Å²) >= 11 is 0. The van der Waals surface area contributed by atoms with Gasteiger partial charge >= 0.3 is 0 Å². The molecule has 2 aliphatic rings. The van der Waals surface area contributed by atoms with Crippen LogP contribution in [0.15, 0.2) is 39.9 Å². The molecule has 0 radical (unpaired) electrons. The molecule has 2 aliphatic heterocycles. The van der Waals surface area contributed by atoms with Gasteiger partial charge in [-0.05, 0) is 38.4 Å². The van der Waals surface area contributed by atoms with Gasteiger partial charge in [0.05, 0.1) is 12.5 Å². The molecular formula is C22H28N6O2. The monoisotopic (exact) mass is 408 g/mol. The van der Waals surface area contributed by atoms with Gasteiger partial charge in [-0.1, -0.05) is 6.07 Å². The van der Waals surface area contributed by atoms with Crippen LogP contribution in [0.5, 0.6) is 0 Å². The number of piperidine rings is 1. The van der Waals surface area contributed by atoms with Gasteiger partial charge in [-0.3, -0.25) is 9.69 Å². The Morgan fingerprint density at radius 3 is 2.80 bits per heavy atom. The molecule has 5 heterocycles. The van der Waals surface area contributed by atoms with Gasteiger partial charge in [0.1, 0.15) is 5.82 Å². The summed E-state index contributed by atoms with van der Waals surface area (Å²) in [5.74, 6) is 2.52. The summed E-state index contributed by atoms with van der Waals surface area (Å²) in [4.78, 5) is 22.4. The maximum Gasteiger partial charge on any atom is 0.255 e. The third-order valence-corrected chi connectivity index (χ3v) is 6.28. The minimum atomic E-state index is 0.157. The molecule has 0 amide bonds. The first kappa shape index (κ1) is 19.1. The Morgan fingerprint density at radius 1 is 1.20 bits per heavy atom. The second-order valence-corrected chi connectivity index (χ2v) is 8.79. The molecule has 0 spiro atoms. The molecule has 3 aromatic rings. The summed E-state index contributed by atoms with van der Waals surface area (Å²) in [6.07, 6.45) is 4.57. The van der Waals surface area contributed by atoms with E-state index in [1.165, 1.54) is 0 Å². The Morgan fingerprint density at radius 2 is 2.07 bits per heavy atom. The second kappa shape index (κ2) is 7.43. The summed E-state index contributed by atoms with van der Waals surface area (Å²) in [7, 11) is 3.98. The summed E-state index contributed by atoms with van der Waals surface area (Å²) in [6.45, 7) is 5.88. The van der Waals surface area contributed by atoms with E-state index in [0.29, 0.717) is 18.4 Å². The summed E-state index contributed by atoms with van der Waals surface area (Å²) in [6, 6.07) is 6.14. The van der Waals surface area contributed by atoms with E-state index in [9.17, 15) is 4.79 Å². The van der Waals surface area contributed by atoms with Crippen LogP contribution in [0, 0.1) is 12.8 Å². The third kappa shape index (κ3) is 3.45. The number of furan rings is 1. The Kier molecular flexibility index (Phi) is 4.73. The van der Waals surface area contributed by atoms with Crippen LogP contribution in [-0.4, -0.2) is 44.4 Å². The van der Waals surface area contributed by atoms with Crippen LogP contribution in [0.2, 0.25) is 0 Å². The van der Waals surface area contributed by atoms with Crippen molar-refractivity contribution in [2.24, 2.45) is 13.0 Å². The fourth-order valence-electron chi connectivity index (χ4n) is 5.09. The molecule has 0 aliphatic carbocycles. The molecule has 3 aromatic heterocycles. The van der Waals surface area contributed by atoms with E-state index >= 15 is 0 Å². The van der Waals surface area contributed by atoms with Crippen molar-refractivity contribution in [2.45, 2.75) is 38.9 Å². The highest BCUT2D eigenvalue weighted by Gasteiger charge is 2.36. The lowest BCUT2D eigenvalue weighted by atomic mass is 9.83. The maximum absolute atomic E-state index is 13.3. The average molecular weight is 409 g/mol. The quantitative estimate of drug-likeness (QED) is 0.644. The van der Waals surface area contributed by atoms with E-state index in [2.05, 4.69) is 25.9 Å². The summed E-state index contributed by atoms with van der Waals surface area (Å²) in [5, 5.41) is 4.40. The van der Waals surface area contributed by atoms with Gasteiger partial charge in [0.2, 0.25) is 5.95 Å². The van der Waals surface area contributed by atoms with Gasteiger partial charge in [-0.25, -0.2) is 4.68 Å². The lowest BCUT2D eigenvalue weighted by molar-refractivity contribution is 0.274. The lowest BCUT2D eigenvalue weighted by Gasteiger charge is -2.43. The fraction of sp³-hybridized carbons (Fsp3) is 0.500. The molecule has 2 bridgehead atoms. The zero-order valence-corrected chi connectivity index (χ0v) is 17.8. The van der Waals surface area contributed by atoms with Crippen LogP contribution < -0.4 is 10.5 Å². The minimum absolute atomic E-state index is 0.157. The normalized spacial score (nSPS) is 20.6. The summed E-state index contributed by atoms with van der Waals surface area (Å²) in [5.41, 5.74) is 3.28. The molecule has 2 atom stereocenters. The van der Waals surface area contributed by atoms with E-state index in [4.69, 9.17) is 4.42 Å². The van der Waals surface area contributed by atoms with E-state index in [1.54, 1.807) is 12.5 Å². The van der Waals surface area contributed by atoms with Crippen LogP contribution in [0.1, 0.15) is 35.0 Å². The molecule has 1 fully saturated rings. The Balaban J connectivity index is 1.37. The zero-order chi connectivity index (χ0) is 20.8. The molecule has 0 N–H and O–H groups in total. The van der Waals surface area contributed by atoms with E-state index < -0.39 is 0 Å². The van der Waals surface area contributed by atoms with Crippen LogP contribution in [0.25, 0.3) is 0 Å². The van der Waals surface area contributed by atoms with Crippen molar-refractivity contribution in [3.05, 3.63) is 63.7 Å². The van der Waals surface area contributed by atoms with Crippen LogP contribution in [-0.2, 0) is 26.7 Å². The van der Waals surface area contributed by atoms with Crippen molar-refractivity contribution in [2.75, 3.05) is 25.0 Å². The fourth-order valence-corrected chi connectivity index (χ4v) is 5.09. The highest BCUT2D eigenvalue weighted by molar-refractivity contribution is 5.35. The molecule has 0 aromatic carbocycles. The van der Waals surface area contributed by atoms with Crippen molar-refractivity contribution in [3.8, 4) is 0 Å². The standard InChI is InChI=1S/C22H28N6O2/c1-15-23-22(26(3)24-15)27-10-17-8-19(13-27)20-5-4-18(21(29)28(20)11-17)12-25(2)9-16-6-7-30-14-16/h4-7,14,17,19H,8-13H2,1-3H3/t17-,19+/m0/s1. The van der Waals surface area contributed by atoms with Gasteiger partial charge in [-0.15, -0.1) is 0 Å². The highest BCUT2D eigenvalue weighted by Crippen LogP contribution is 2.36. The number of anilines is 1. The number of hydrogen-bond donors (Lipinski definition) is 0. The van der Waals surface area contributed by atoms with Gasteiger partial charge in [0.15, 0.2) is 0 Å². The van der Waals surface area contributed by atoms with Crippen molar-refractivity contribution >= 4 is 5.95 Å². The van der Waals surface area contributed by atoms with Crippen molar-refractivity contribution < 1.29 is 4.42 Å². The Labute approximate surface area is 175 Å². The van der Waals surface area contributed by atoms with Crippen LogP contribution in [0.4, 0.5) is 5.95 Å². The smallest absolute Gasteiger partial charge is 0.255 e. The number of pyridine rings is 1. The molecule has 1 saturated heterocycles. The highest BCUT2D eigenvalue weighted by atomic mass is 16.3. The molecule has 158 valence electrons. The first-order valence-electron chi connectivity index (χ1n) is 10.5. The number of nitrogens with zero attached hydrogens (tertiary/aromatic N) is 6. The molecule has 8 heteroatoms. The number of rotatable bonds is 5. The molecule has 8 nitrogen and oxygen atoms in total. The molecular weight excluding hydrogens is 380 g/mol. The first-order chi connectivity index (χ1) is 14.5. The van der Waals surface area contributed by atoms with Gasteiger partial charge in [-0.2, -0.15) is 10.1 Å². The van der Waals surface area contributed by atoms with E-state index in [1.807, 2.05) is 42.4 Å². The minimum Gasteiger partial charge on any atom is -0.472 e. The van der Waals surface area contributed by atoms with Gasteiger partial charge < -0.3 is 13.9 Å². The largest absolute Gasteiger partial charge is 0.472 e. The average Bonchev–Trinajstić information content (AvgIpc) is 3.33. The van der Waals surface area contributed by atoms with Gasteiger partial charge in [0, 0.05) is 62.5 Å². The Bertz CT molecular complexity index is 1100. The number of fused-ring (bicyclic) bond motifs is 4. The predicted octanol–water partition coefficient (Wildman–Crippen LogP) is 2.13. The predicted molar refractivity (Wildman–Crippen MR) is 113 cm³/mol. The molecule has 5 rings (SSSR count). The van der Waals surface area contributed by atoms with Crippen molar-refractivity contribution in [3.63, 3.8) is 0 Å².